The Balaban J connectivity index is 1.81. The monoisotopic (exact) mass is 588 g/mol. The summed E-state index contributed by atoms with van der Waals surface area (Å²) < 4.78 is 12.3. The van der Waals surface area contributed by atoms with E-state index in [0.29, 0.717) is 22.3 Å². The van der Waals surface area contributed by atoms with Crippen LogP contribution < -0.4 is 0 Å². The van der Waals surface area contributed by atoms with Crippen LogP contribution in [0.15, 0.2) is 97.1 Å². The Kier molecular flexibility index (Phi) is 12.1. The second kappa shape index (κ2) is 16.4. The summed E-state index contributed by atoms with van der Waals surface area (Å²) >= 11 is 0. The summed E-state index contributed by atoms with van der Waals surface area (Å²) in [5, 5.41) is 0. The average molecular weight is 589 g/mol. The van der Waals surface area contributed by atoms with Gasteiger partial charge in [-0.25, -0.2) is 9.59 Å². The Bertz CT molecular complexity index is 1410. The maximum atomic E-state index is 13.6. The fourth-order valence-corrected chi connectivity index (χ4v) is 5.19. The van der Waals surface area contributed by atoms with Gasteiger partial charge in [0.25, 0.3) is 0 Å². The number of benzene rings is 4. The summed E-state index contributed by atoms with van der Waals surface area (Å²) in [5.41, 5.74) is 6.86. The molecule has 4 aromatic rings. The zero-order valence-corrected chi connectivity index (χ0v) is 26.5. The van der Waals surface area contributed by atoms with Gasteiger partial charge in [-0.15, -0.1) is 0 Å². The van der Waals surface area contributed by atoms with Gasteiger partial charge in [0.05, 0.1) is 11.1 Å². The molecule has 4 rings (SSSR count). The Labute approximate surface area is 262 Å². The molecule has 0 saturated heterocycles. The predicted molar refractivity (Wildman–Crippen MR) is 179 cm³/mol. The fraction of sp³-hybridized carbons (Fsp3) is 0.300. The molecule has 4 aromatic carbocycles. The van der Waals surface area contributed by atoms with Crippen LogP contribution in [0.5, 0.6) is 0 Å². The Morgan fingerprint density at radius 1 is 0.386 bits per heavy atom. The van der Waals surface area contributed by atoms with Gasteiger partial charge in [-0.1, -0.05) is 126 Å². The van der Waals surface area contributed by atoms with Gasteiger partial charge in [-0.2, -0.15) is 0 Å². The molecule has 0 heterocycles. The van der Waals surface area contributed by atoms with E-state index in [1.54, 1.807) is 24.3 Å². The van der Waals surface area contributed by atoms with Crippen molar-refractivity contribution in [2.45, 2.75) is 79.1 Å². The second-order valence-electron chi connectivity index (χ2n) is 11.2. The summed E-state index contributed by atoms with van der Waals surface area (Å²) in [6.07, 6.45) is 7.87. The van der Waals surface area contributed by atoms with Crippen molar-refractivity contribution in [3.8, 4) is 0 Å². The van der Waals surface area contributed by atoms with E-state index in [0.717, 1.165) is 62.5 Å². The van der Waals surface area contributed by atoms with E-state index in [1.807, 2.05) is 72.8 Å². The lowest BCUT2D eigenvalue weighted by molar-refractivity contribution is 0.0646. The summed E-state index contributed by atoms with van der Waals surface area (Å²) in [4.78, 5) is 27.2. The number of hydrogen-bond donors (Lipinski definition) is 0. The van der Waals surface area contributed by atoms with E-state index in [2.05, 4.69) is 27.7 Å². The molecule has 0 bridgehead atoms. The molecule has 0 aromatic heterocycles. The highest BCUT2D eigenvalue weighted by Gasteiger charge is 2.23. The first-order valence-electron chi connectivity index (χ1n) is 16.0. The third-order valence-electron chi connectivity index (χ3n) is 7.56. The molecule has 0 aliphatic carbocycles. The van der Waals surface area contributed by atoms with Crippen molar-refractivity contribution in [1.29, 1.82) is 0 Å². The number of rotatable bonds is 14. The van der Waals surface area contributed by atoms with Crippen molar-refractivity contribution >= 4 is 23.5 Å². The molecule has 228 valence electrons. The minimum absolute atomic E-state index is 0.204. The third kappa shape index (κ3) is 8.79. The third-order valence-corrected chi connectivity index (χ3v) is 7.56. The van der Waals surface area contributed by atoms with Crippen molar-refractivity contribution in [3.05, 3.63) is 142 Å². The average Bonchev–Trinajstić information content (AvgIpc) is 3.05. The molecule has 4 heteroatoms. The van der Waals surface area contributed by atoms with Gasteiger partial charge in [-0.05, 0) is 72.2 Å². The largest absolute Gasteiger partial charge is 0.418 e. The maximum Gasteiger partial charge on any atom is 0.343 e. The van der Waals surface area contributed by atoms with Crippen LogP contribution in [0, 0.1) is 0 Å². The number of carbonyl (C=O) groups excluding carboxylic acids is 2. The van der Waals surface area contributed by atoms with Crippen LogP contribution in [-0.4, -0.2) is 11.9 Å². The Morgan fingerprint density at radius 2 is 0.614 bits per heavy atom. The number of aryl methyl sites for hydroxylation is 4. The minimum Gasteiger partial charge on any atom is -0.418 e. The van der Waals surface area contributed by atoms with E-state index in [4.69, 9.17) is 9.47 Å². The summed E-state index contributed by atoms with van der Waals surface area (Å²) in [6.45, 7) is 8.53. The zero-order valence-electron chi connectivity index (χ0n) is 26.5. The quantitative estimate of drug-likeness (QED) is 0.0835. The number of carbonyl (C=O) groups is 2. The van der Waals surface area contributed by atoms with Crippen molar-refractivity contribution < 1.29 is 19.1 Å². The lowest BCUT2D eigenvalue weighted by atomic mass is 10.0. The zero-order chi connectivity index (χ0) is 31.3. The van der Waals surface area contributed by atoms with Crippen molar-refractivity contribution in [3.63, 3.8) is 0 Å². The SMILES string of the molecule is CCCc1ccc(C(=O)O/C(=C(/OC(=O)c2ccc(CCC)cc2)c2ccc(CCC)cc2)c2ccc(CCC)cc2)cc1. The normalized spacial score (nSPS) is 11.5. The first kappa shape index (κ1) is 32.5. The molecule has 0 spiro atoms. The Morgan fingerprint density at radius 3 is 0.841 bits per heavy atom. The van der Waals surface area contributed by atoms with Crippen molar-refractivity contribution in [2.75, 3.05) is 0 Å². The van der Waals surface area contributed by atoms with Crippen LogP contribution in [0.25, 0.3) is 11.5 Å². The van der Waals surface area contributed by atoms with Gasteiger partial charge in [-0.3, -0.25) is 0 Å². The predicted octanol–water partition coefficient (Wildman–Crippen LogP) is 10.0. The van der Waals surface area contributed by atoms with Gasteiger partial charge < -0.3 is 9.47 Å². The summed E-state index contributed by atoms with van der Waals surface area (Å²) in [6, 6.07) is 30.8. The molecular formula is C40H44O4. The van der Waals surface area contributed by atoms with Crippen LogP contribution in [0.1, 0.15) is 107 Å². The van der Waals surface area contributed by atoms with Crippen LogP contribution >= 0.6 is 0 Å². The van der Waals surface area contributed by atoms with Crippen LogP contribution in [0.4, 0.5) is 0 Å². The first-order chi connectivity index (χ1) is 21.4. The Hall–Kier alpha value is -4.44. The first-order valence-corrected chi connectivity index (χ1v) is 16.0. The van der Waals surface area contributed by atoms with E-state index in [-0.39, 0.29) is 11.5 Å². The van der Waals surface area contributed by atoms with Crippen molar-refractivity contribution in [2.24, 2.45) is 0 Å². The van der Waals surface area contributed by atoms with E-state index in [9.17, 15) is 9.59 Å². The summed E-state index contributed by atoms with van der Waals surface area (Å²) in [5.74, 6) is -0.619. The van der Waals surface area contributed by atoms with Gasteiger partial charge in [0, 0.05) is 11.1 Å². The van der Waals surface area contributed by atoms with Crippen molar-refractivity contribution in [1.82, 2.24) is 0 Å². The van der Waals surface area contributed by atoms with Gasteiger partial charge in [0.1, 0.15) is 0 Å². The highest BCUT2D eigenvalue weighted by Crippen LogP contribution is 2.31. The molecule has 0 unspecified atom stereocenters. The minimum atomic E-state index is -0.513. The molecule has 0 saturated carbocycles. The topological polar surface area (TPSA) is 52.6 Å². The lowest BCUT2D eigenvalue weighted by Gasteiger charge is -2.17. The van der Waals surface area contributed by atoms with E-state index < -0.39 is 11.9 Å². The number of esters is 2. The lowest BCUT2D eigenvalue weighted by Crippen LogP contribution is -2.11. The van der Waals surface area contributed by atoms with Crippen LogP contribution in [0.3, 0.4) is 0 Å². The molecule has 0 atom stereocenters. The smallest absolute Gasteiger partial charge is 0.343 e. The number of hydrogen-bond acceptors (Lipinski definition) is 4. The number of ether oxygens (including phenoxy) is 2. The molecule has 0 amide bonds. The molecule has 0 aliphatic rings. The van der Waals surface area contributed by atoms with E-state index >= 15 is 0 Å². The molecule has 4 nitrogen and oxygen atoms in total. The summed E-state index contributed by atoms with van der Waals surface area (Å²) in [7, 11) is 0. The molecule has 0 aliphatic heterocycles. The van der Waals surface area contributed by atoms with Gasteiger partial charge >= 0.3 is 11.9 Å². The highest BCUT2D eigenvalue weighted by atomic mass is 16.6. The standard InChI is InChI=1S/C40H44O4/c1-5-9-29-13-21-33(22-14-29)37(43-39(41)35-25-17-31(11-7-3)18-26-35)38(34-23-15-30(10-6-2)16-24-34)44-40(42)36-27-19-32(12-8-4)20-28-36/h13-28H,5-12H2,1-4H3/b38-37+. The maximum absolute atomic E-state index is 13.6. The second-order valence-corrected chi connectivity index (χ2v) is 11.2. The molecule has 44 heavy (non-hydrogen) atoms. The van der Waals surface area contributed by atoms with Crippen LogP contribution in [0.2, 0.25) is 0 Å². The van der Waals surface area contributed by atoms with E-state index in [1.165, 1.54) is 11.1 Å². The highest BCUT2D eigenvalue weighted by molar-refractivity contribution is 6.00. The molecule has 0 fully saturated rings. The van der Waals surface area contributed by atoms with Crippen LogP contribution in [-0.2, 0) is 35.2 Å². The molecular weight excluding hydrogens is 544 g/mol. The van der Waals surface area contributed by atoms with Gasteiger partial charge in [0.2, 0.25) is 0 Å². The molecule has 0 radical (unpaired) electrons. The van der Waals surface area contributed by atoms with Gasteiger partial charge in [0.15, 0.2) is 11.5 Å². The fourth-order valence-electron chi connectivity index (χ4n) is 5.19. The molecule has 0 N–H and O–H groups in total.